The van der Waals surface area contributed by atoms with E-state index in [9.17, 15) is 8.42 Å². The molecule has 1 saturated carbocycles. The van der Waals surface area contributed by atoms with Crippen molar-refractivity contribution in [3.05, 3.63) is 16.3 Å². The van der Waals surface area contributed by atoms with Gasteiger partial charge in [0.1, 0.15) is 0 Å². The molecule has 1 heterocycles. The van der Waals surface area contributed by atoms with Crippen molar-refractivity contribution in [3.8, 4) is 0 Å². The first-order valence-electron chi connectivity index (χ1n) is 7.34. The normalized spacial score (nSPS) is 23.9. The van der Waals surface area contributed by atoms with E-state index in [1.165, 1.54) is 17.8 Å². The SMILES string of the molecule is CCNCc1sccc1S(=O)(=O)NC1CCCCC1C. The molecule has 0 aliphatic heterocycles. The molecule has 0 saturated heterocycles. The van der Waals surface area contributed by atoms with E-state index >= 15 is 0 Å². The van der Waals surface area contributed by atoms with Crippen molar-refractivity contribution >= 4 is 21.4 Å². The molecule has 1 fully saturated rings. The summed E-state index contributed by atoms with van der Waals surface area (Å²) in [6.07, 6.45) is 4.39. The van der Waals surface area contributed by atoms with Crippen molar-refractivity contribution in [1.82, 2.24) is 10.0 Å². The highest BCUT2D eigenvalue weighted by molar-refractivity contribution is 7.89. The molecule has 6 heteroatoms. The van der Waals surface area contributed by atoms with Crippen LogP contribution in [0.5, 0.6) is 0 Å². The smallest absolute Gasteiger partial charge is 0.241 e. The Kier molecular flexibility index (Phi) is 5.60. The Bertz CT molecular complexity index is 525. The van der Waals surface area contributed by atoms with E-state index in [1.807, 2.05) is 12.3 Å². The lowest BCUT2D eigenvalue weighted by Gasteiger charge is -2.29. The Morgan fingerprint density at radius 1 is 1.35 bits per heavy atom. The Hall–Kier alpha value is -0.430. The first kappa shape index (κ1) is 15.9. The molecule has 4 nitrogen and oxygen atoms in total. The van der Waals surface area contributed by atoms with Gasteiger partial charge < -0.3 is 5.32 Å². The van der Waals surface area contributed by atoms with E-state index in [4.69, 9.17) is 0 Å². The minimum Gasteiger partial charge on any atom is -0.312 e. The van der Waals surface area contributed by atoms with Crippen molar-refractivity contribution in [1.29, 1.82) is 0 Å². The van der Waals surface area contributed by atoms with Crippen LogP contribution in [0, 0.1) is 5.92 Å². The van der Waals surface area contributed by atoms with Crippen molar-refractivity contribution in [2.24, 2.45) is 5.92 Å². The maximum absolute atomic E-state index is 12.6. The molecule has 1 aliphatic carbocycles. The molecule has 1 aliphatic rings. The van der Waals surface area contributed by atoms with Crippen molar-refractivity contribution < 1.29 is 8.42 Å². The summed E-state index contributed by atoms with van der Waals surface area (Å²) in [5, 5.41) is 5.05. The highest BCUT2D eigenvalue weighted by Gasteiger charge is 2.28. The van der Waals surface area contributed by atoms with E-state index in [-0.39, 0.29) is 6.04 Å². The van der Waals surface area contributed by atoms with Crippen LogP contribution >= 0.6 is 11.3 Å². The van der Waals surface area contributed by atoms with Gasteiger partial charge in [-0.1, -0.05) is 26.7 Å². The van der Waals surface area contributed by atoms with Crippen LogP contribution in [-0.2, 0) is 16.6 Å². The molecule has 0 radical (unpaired) electrons. The summed E-state index contributed by atoms with van der Waals surface area (Å²) in [7, 11) is -3.39. The van der Waals surface area contributed by atoms with E-state index in [0.29, 0.717) is 17.4 Å². The second-order valence-electron chi connectivity index (χ2n) is 5.48. The number of sulfonamides is 1. The summed E-state index contributed by atoms with van der Waals surface area (Å²) in [6, 6.07) is 1.80. The van der Waals surface area contributed by atoms with E-state index < -0.39 is 10.0 Å². The molecule has 2 unspecified atom stereocenters. The molecule has 0 bridgehead atoms. The van der Waals surface area contributed by atoms with Gasteiger partial charge in [0, 0.05) is 17.5 Å². The summed E-state index contributed by atoms with van der Waals surface area (Å²) in [6.45, 7) is 5.61. The zero-order valence-corrected chi connectivity index (χ0v) is 13.8. The van der Waals surface area contributed by atoms with Crippen molar-refractivity contribution in [2.75, 3.05) is 6.54 Å². The molecule has 2 rings (SSSR count). The fraction of sp³-hybridized carbons (Fsp3) is 0.714. The number of hydrogen-bond acceptors (Lipinski definition) is 4. The molecule has 0 amide bonds. The standard InChI is InChI=1S/C14H24N2O2S2/c1-3-15-10-13-14(8-9-19-13)20(17,18)16-12-7-5-4-6-11(12)2/h8-9,11-12,15-16H,3-7,10H2,1-2H3. The van der Waals surface area contributed by atoms with E-state index in [0.717, 1.165) is 30.7 Å². The van der Waals surface area contributed by atoms with E-state index in [2.05, 4.69) is 17.0 Å². The highest BCUT2D eigenvalue weighted by Crippen LogP contribution is 2.27. The summed E-state index contributed by atoms with van der Waals surface area (Å²) >= 11 is 1.50. The van der Waals surface area contributed by atoms with Crippen LogP contribution in [0.15, 0.2) is 16.3 Å². The molecule has 1 aromatic heterocycles. The minimum atomic E-state index is -3.39. The Morgan fingerprint density at radius 3 is 2.80 bits per heavy atom. The lowest BCUT2D eigenvalue weighted by molar-refractivity contribution is 0.310. The van der Waals surface area contributed by atoms with Crippen LogP contribution < -0.4 is 10.0 Å². The molecule has 114 valence electrons. The minimum absolute atomic E-state index is 0.0839. The van der Waals surface area contributed by atoms with Gasteiger partial charge in [0.05, 0.1) is 4.90 Å². The largest absolute Gasteiger partial charge is 0.312 e. The predicted octanol–water partition coefficient (Wildman–Crippen LogP) is 2.71. The van der Waals surface area contributed by atoms with Gasteiger partial charge in [0.15, 0.2) is 0 Å². The van der Waals surface area contributed by atoms with Gasteiger partial charge in [-0.05, 0) is 36.8 Å². The Balaban J connectivity index is 2.11. The Labute approximate surface area is 126 Å². The molecular weight excluding hydrogens is 292 g/mol. The third-order valence-corrected chi connectivity index (χ3v) is 6.57. The summed E-state index contributed by atoms with van der Waals surface area (Å²) < 4.78 is 28.0. The Morgan fingerprint density at radius 2 is 2.10 bits per heavy atom. The molecule has 0 spiro atoms. The number of hydrogen-bond donors (Lipinski definition) is 2. The first-order valence-corrected chi connectivity index (χ1v) is 9.70. The van der Waals surface area contributed by atoms with Gasteiger partial charge >= 0.3 is 0 Å². The fourth-order valence-electron chi connectivity index (χ4n) is 2.69. The van der Waals surface area contributed by atoms with Gasteiger partial charge in [-0.3, -0.25) is 0 Å². The van der Waals surface area contributed by atoms with Crippen LogP contribution in [-0.4, -0.2) is 21.0 Å². The zero-order chi connectivity index (χ0) is 14.6. The van der Waals surface area contributed by atoms with E-state index in [1.54, 1.807) is 6.07 Å². The van der Waals surface area contributed by atoms with Gasteiger partial charge in [-0.15, -0.1) is 11.3 Å². The lowest BCUT2D eigenvalue weighted by atomic mass is 9.87. The van der Waals surface area contributed by atoms with Crippen LogP contribution in [0.25, 0.3) is 0 Å². The predicted molar refractivity (Wildman–Crippen MR) is 83.4 cm³/mol. The maximum atomic E-state index is 12.6. The van der Waals surface area contributed by atoms with Crippen LogP contribution in [0.2, 0.25) is 0 Å². The second-order valence-corrected chi connectivity index (χ2v) is 8.16. The molecule has 0 aromatic carbocycles. The second kappa shape index (κ2) is 7.02. The molecular formula is C14H24N2O2S2. The number of rotatable bonds is 6. The van der Waals surface area contributed by atoms with Crippen molar-refractivity contribution in [3.63, 3.8) is 0 Å². The van der Waals surface area contributed by atoms with Gasteiger partial charge in [-0.2, -0.15) is 0 Å². The molecule has 2 atom stereocenters. The third-order valence-electron chi connectivity index (χ3n) is 3.95. The summed E-state index contributed by atoms with van der Waals surface area (Å²) in [4.78, 5) is 1.34. The molecule has 1 aromatic rings. The third kappa shape index (κ3) is 3.81. The fourth-order valence-corrected chi connectivity index (χ4v) is 5.48. The van der Waals surface area contributed by atoms with Crippen molar-refractivity contribution in [2.45, 2.75) is 57.0 Å². The first-order chi connectivity index (χ1) is 9.54. The van der Waals surface area contributed by atoms with Crippen LogP contribution in [0.1, 0.15) is 44.4 Å². The molecule has 2 N–H and O–H groups in total. The number of thiophene rings is 1. The van der Waals surface area contributed by atoms with Crippen LogP contribution in [0.4, 0.5) is 0 Å². The van der Waals surface area contributed by atoms with Gasteiger partial charge in [0.2, 0.25) is 10.0 Å². The summed E-state index contributed by atoms with van der Waals surface area (Å²) in [5.74, 6) is 0.425. The maximum Gasteiger partial charge on any atom is 0.241 e. The lowest BCUT2D eigenvalue weighted by Crippen LogP contribution is -2.41. The highest BCUT2D eigenvalue weighted by atomic mass is 32.2. The van der Waals surface area contributed by atoms with Gasteiger partial charge in [0.25, 0.3) is 0 Å². The quantitative estimate of drug-likeness (QED) is 0.848. The monoisotopic (exact) mass is 316 g/mol. The average molecular weight is 316 g/mol. The van der Waals surface area contributed by atoms with Gasteiger partial charge in [-0.25, -0.2) is 13.1 Å². The van der Waals surface area contributed by atoms with Crippen LogP contribution in [0.3, 0.4) is 0 Å². The zero-order valence-electron chi connectivity index (χ0n) is 12.2. The molecule has 20 heavy (non-hydrogen) atoms. The topological polar surface area (TPSA) is 58.2 Å². The summed E-state index contributed by atoms with van der Waals surface area (Å²) in [5.41, 5.74) is 0. The average Bonchev–Trinajstić information content (AvgIpc) is 2.88. The number of nitrogens with one attached hydrogen (secondary N) is 2.